The van der Waals surface area contributed by atoms with Gasteiger partial charge in [0.1, 0.15) is 11.3 Å². The third-order valence-corrected chi connectivity index (χ3v) is 5.80. The number of fused-ring (bicyclic) bond motifs is 1. The first kappa shape index (κ1) is 20.0. The second-order valence-corrected chi connectivity index (χ2v) is 8.58. The third kappa shape index (κ3) is 4.27. The molecule has 1 fully saturated rings. The van der Waals surface area contributed by atoms with Crippen molar-refractivity contribution >= 4 is 46.5 Å². The van der Waals surface area contributed by atoms with Crippen LogP contribution in [-0.2, 0) is 6.54 Å². The number of carbonyl (C=O) groups is 1. The highest BCUT2D eigenvalue weighted by Gasteiger charge is 2.24. The molecule has 0 saturated heterocycles. The summed E-state index contributed by atoms with van der Waals surface area (Å²) in [6.07, 6.45) is 3.07. The molecule has 0 bridgehead atoms. The van der Waals surface area contributed by atoms with Crippen LogP contribution < -0.4 is 5.32 Å². The van der Waals surface area contributed by atoms with Crippen LogP contribution in [0.2, 0.25) is 10.0 Å². The normalized spacial score (nSPS) is 13.5. The van der Waals surface area contributed by atoms with Crippen molar-refractivity contribution in [2.45, 2.75) is 19.4 Å². The molecule has 2 heterocycles. The summed E-state index contributed by atoms with van der Waals surface area (Å²) in [4.78, 5) is 25.1. The van der Waals surface area contributed by atoms with E-state index in [0.717, 1.165) is 23.2 Å². The molecule has 2 aromatic heterocycles. The number of nitrogens with one attached hydrogen (secondary N) is 1. The predicted octanol–water partition coefficient (Wildman–Crippen LogP) is 5.48. The largest absolute Gasteiger partial charge is 0.368 e. The highest BCUT2D eigenvalue weighted by Crippen LogP contribution is 2.32. The summed E-state index contributed by atoms with van der Waals surface area (Å²) in [5, 5.41) is 4.72. The van der Waals surface area contributed by atoms with Gasteiger partial charge in [0.05, 0.1) is 0 Å². The molecule has 8 heteroatoms. The minimum Gasteiger partial charge on any atom is -0.368 e. The molecular formula is C23H19Cl2N5O. The van der Waals surface area contributed by atoms with Crippen LogP contribution in [0.4, 0.5) is 5.82 Å². The Hall–Kier alpha value is -2.96. The number of aromatic nitrogens is 4. The number of nitrogens with zero attached hydrogens (tertiary/aromatic N) is 4. The zero-order valence-corrected chi connectivity index (χ0v) is 18.1. The van der Waals surface area contributed by atoms with Crippen LogP contribution in [0, 0.1) is 5.92 Å². The first-order chi connectivity index (χ1) is 15.1. The summed E-state index contributed by atoms with van der Waals surface area (Å²) < 4.78 is 2.06. The first-order valence-electron chi connectivity index (χ1n) is 10.1. The Labute approximate surface area is 189 Å². The number of rotatable bonds is 7. The molecule has 1 aliphatic carbocycles. The maximum Gasteiger partial charge on any atom is 0.196 e. The fourth-order valence-electron chi connectivity index (χ4n) is 3.57. The Kier molecular flexibility index (Phi) is 5.34. The van der Waals surface area contributed by atoms with E-state index in [9.17, 15) is 4.79 Å². The molecule has 2 aromatic carbocycles. The predicted molar refractivity (Wildman–Crippen MR) is 123 cm³/mol. The maximum absolute atomic E-state index is 11.5. The van der Waals surface area contributed by atoms with E-state index in [1.807, 2.05) is 48.5 Å². The van der Waals surface area contributed by atoms with Crippen molar-refractivity contribution in [1.29, 1.82) is 0 Å². The van der Waals surface area contributed by atoms with Crippen molar-refractivity contribution in [3.05, 3.63) is 70.0 Å². The van der Waals surface area contributed by atoms with Gasteiger partial charge < -0.3 is 9.88 Å². The maximum atomic E-state index is 11.5. The van der Waals surface area contributed by atoms with E-state index in [4.69, 9.17) is 28.2 Å². The molecule has 1 saturated carbocycles. The molecule has 0 atom stereocenters. The van der Waals surface area contributed by atoms with Gasteiger partial charge in [0.15, 0.2) is 23.6 Å². The van der Waals surface area contributed by atoms with Crippen molar-refractivity contribution in [1.82, 2.24) is 19.5 Å². The lowest BCUT2D eigenvalue weighted by Crippen LogP contribution is -2.10. The Morgan fingerprint density at radius 3 is 2.55 bits per heavy atom. The number of imidazole rings is 1. The topological polar surface area (TPSA) is 72.7 Å². The van der Waals surface area contributed by atoms with Gasteiger partial charge >= 0.3 is 0 Å². The number of hydrogen-bond acceptors (Lipinski definition) is 5. The number of halogens is 2. The number of hydrogen-bond donors (Lipinski definition) is 1. The lowest BCUT2D eigenvalue weighted by atomic mass is 10.2. The average Bonchev–Trinajstić information content (AvgIpc) is 3.54. The number of aldehydes is 1. The minimum atomic E-state index is 0.111. The van der Waals surface area contributed by atoms with Crippen LogP contribution in [0.3, 0.4) is 0 Å². The van der Waals surface area contributed by atoms with Gasteiger partial charge in [-0.1, -0.05) is 47.5 Å². The number of anilines is 1. The number of carbonyl (C=O) groups excluding carboxylic acids is 1. The smallest absolute Gasteiger partial charge is 0.196 e. The molecule has 0 amide bonds. The van der Waals surface area contributed by atoms with E-state index >= 15 is 0 Å². The standard InChI is InChI=1S/C23H19Cl2N5O/c24-17-8-6-15(7-9-17)12-30-20-21(26-11-14-4-5-14)27-19(13-31)28-22(20)29-23(30)16-2-1-3-18(25)10-16/h1-3,6-10,13-14H,4-5,11-12H2,(H,26,27,28). The monoisotopic (exact) mass is 451 g/mol. The third-order valence-electron chi connectivity index (χ3n) is 5.32. The van der Waals surface area contributed by atoms with Gasteiger partial charge in [0.2, 0.25) is 0 Å². The van der Waals surface area contributed by atoms with Gasteiger partial charge in [-0.3, -0.25) is 4.79 Å². The van der Waals surface area contributed by atoms with Crippen LogP contribution in [0.5, 0.6) is 0 Å². The molecule has 31 heavy (non-hydrogen) atoms. The lowest BCUT2D eigenvalue weighted by molar-refractivity contribution is 0.111. The van der Waals surface area contributed by atoms with E-state index in [2.05, 4.69) is 19.9 Å². The molecule has 5 rings (SSSR count). The van der Waals surface area contributed by atoms with Gasteiger partial charge in [-0.05, 0) is 48.6 Å². The Morgan fingerprint density at radius 1 is 1.03 bits per heavy atom. The van der Waals surface area contributed by atoms with Crippen molar-refractivity contribution in [2.75, 3.05) is 11.9 Å². The summed E-state index contributed by atoms with van der Waals surface area (Å²) in [6, 6.07) is 15.2. The average molecular weight is 452 g/mol. The molecule has 1 aliphatic rings. The second-order valence-electron chi connectivity index (χ2n) is 7.70. The van der Waals surface area contributed by atoms with E-state index in [1.165, 1.54) is 12.8 Å². The zero-order valence-electron chi connectivity index (χ0n) is 16.6. The molecule has 4 aromatic rings. The summed E-state index contributed by atoms with van der Waals surface area (Å²) in [6.45, 7) is 1.35. The highest BCUT2D eigenvalue weighted by molar-refractivity contribution is 6.31. The molecule has 0 radical (unpaired) electrons. The van der Waals surface area contributed by atoms with Gasteiger partial charge in [-0.25, -0.2) is 15.0 Å². The van der Waals surface area contributed by atoms with Crippen molar-refractivity contribution in [3.8, 4) is 11.4 Å². The Morgan fingerprint density at radius 2 is 1.84 bits per heavy atom. The Balaban J connectivity index is 1.70. The van der Waals surface area contributed by atoms with Crippen LogP contribution in [0.25, 0.3) is 22.6 Å². The zero-order chi connectivity index (χ0) is 21.4. The molecule has 1 N–H and O–H groups in total. The van der Waals surface area contributed by atoms with E-state index in [1.54, 1.807) is 0 Å². The van der Waals surface area contributed by atoms with Crippen molar-refractivity contribution in [3.63, 3.8) is 0 Å². The Bertz CT molecular complexity index is 1270. The van der Waals surface area contributed by atoms with Crippen molar-refractivity contribution in [2.24, 2.45) is 5.92 Å². The summed E-state index contributed by atoms with van der Waals surface area (Å²) in [5.74, 6) is 2.08. The molecule has 0 spiro atoms. The van der Waals surface area contributed by atoms with Gasteiger partial charge in [-0.15, -0.1) is 0 Å². The molecule has 6 nitrogen and oxygen atoms in total. The molecule has 0 unspecified atom stereocenters. The minimum absolute atomic E-state index is 0.111. The van der Waals surface area contributed by atoms with E-state index < -0.39 is 0 Å². The fourth-order valence-corrected chi connectivity index (χ4v) is 3.88. The summed E-state index contributed by atoms with van der Waals surface area (Å²) >= 11 is 12.3. The van der Waals surface area contributed by atoms with Crippen LogP contribution >= 0.6 is 23.2 Å². The summed E-state index contributed by atoms with van der Waals surface area (Å²) in [7, 11) is 0. The summed E-state index contributed by atoms with van der Waals surface area (Å²) in [5.41, 5.74) is 3.15. The number of benzene rings is 2. The molecule has 0 aliphatic heterocycles. The van der Waals surface area contributed by atoms with Crippen molar-refractivity contribution < 1.29 is 4.79 Å². The highest BCUT2D eigenvalue weighted by atomic mass is 35.5. The van der Waals surface area contributed by atoms with E-state index in [0.29, 0.717) is 46.1 Å². The molecular weight excluding hydrogens is 433 g/mol. The van der Waals surface area contributed by atoms with Crippen LogP contribution in [0.15, 0.2) is 48.5 Å². The first-order valence-corrected chi connectivity index (χ1v) is 10.8. The molecule has 156 valence electrons. The van der Waals surface area contributed by atoms with Crippen LogP contribution in [-0.4, -0.2) is 32.3 Å². The second kappa shape index (κ2) is 8.29. The van der Waals surface area contributed by atoms with Crippen LogP contribution in [0.1, 0.15) is 29.0 Å². The quantitative estimate of drug-likeness (QED) is 0.376. The SMILES string of the molecule is O=Cc1nc(NCC2CC2)c2c(n1)nc(-c1cccc(Cl)c1)n2Cc1ccc(Cl)cc1. The van der Waals surface area contributed by atoms with E-state index in [-0.39, 0.29) is 5.82 Å². The van der Waals surface area contributed by atoms with Gasteiger partial charge in [0, 0.05) is 28.7 Å². The van der Waals surface area contributed by atoms with Gasteiger partial charge in [0.25, 0.3) is 0 Å². The fraction of sp³-hybridized carbons (Fsp3) is 0.217. The van der Waals surface area contributed by atoms with Gasteiger partial charge in [-0.2, -0.15) is 0 Å². The lowest BCUT2D eigenvalue weighted by Gasteiger charge is -2.13.